The summed E-state index contributed by atoms with van der Waals surface area (Å²) in [6, 6.07) is 0. The van der Waals surface area contributed by atoms with Gasteiger partial charge < -0.3 is 14.2 Å². The molecular weight excluding hydrogens is 334 g/mol. The quantitative estimate of drug-likeness (QED) is 0.455. The molecule has 0 unspecified atom stereocenters. The lowest BCUT2D eigenvalue weighted by Crippen LogP contribution is -2.50. The number of nitrogens with zero attached hydrogens (tertiary/aromatic N) is 1. The molecule has 0 aliphatic carbocycles. The van der Waals surface area contributed by atoms with E-state index in [1.54, 1.807) is 48.5 Å². The van der Waals surface area contributed by atoms with E-state index in [0.717, 1.165) is 4.90 Å². The van der Waals surface area contributed by atoms with E-state index in [1.165, 1.54) is 0 Å². The van der Waals surface area contributed by atoms with Gasteiger partial charge in [-0.25, -0.2) is 14.5 Å². The molecule has 0 aliphatic rings. The van der Waals surface area contributed by atoms with Gasteiger partial charge in [-0.2, -0.15) is 0 Å². The molecule has 0 saturated carbocycles. The van der Waals surface area contributed by atoms with Gasteiger partial charge in [-0.15, -0.1) is 0 Å². The molecule has 0 aliphatic heterocycles. The zero-order chi connectivity index (χ0) is 19.1. The number of thiocarbonyl (C=S) groups is 1. The minimum absolute atomic E-state index is 0.0163. The van der Waals surface area contributed by atoms with Crippen LogP contribution in [0.3, 0.4) is 0 Å². The molecule has 0 atom stereocenters. The lowest BCUT2D eigenvalue weighted by Gasteiger charge is -2.28. The number of alkyl carbamates (subject to hydrolysis) is 1. The third-order valence-corrected chi connectivity index (χ3v) is 2.24. The van der Waals surface area contributed by atoms with Gasteiger partial charge in [0.2, 0.25) is 5.96 Å². The van der Waals surface area contributed by atoms with Crippen molar-refractivity contribution in [3.05, 3.63) is 0 Å². The van der Waals surface area contributed by atoms with Crippen LogP contribution in [0.5, 0.6) is 0 Å². The van der Waals surface area contributed by atoms with Crippen molar-refractivity contribution >= 4 is 35.4 Å². The van der Waals surface area contributed by atoms with Crippen molar-refractivity contribution in [2.45, 2.75) is 59.7 Å². The number of ether oxygens (including phenoxy) is 3. The Hall–Kier alpha value is -1.90. The van der Waals surface area contributed by atoms with Crippen LogP contribution in [0.2, 0.25) is 0 Å². The van der Waals surface area contributed by atoms with E-state index in [0.29, 0.717) is 5.05 Å². The van der Waals surface area contributed by atoms with Crippen molar-refractivity contribution in [3.8, 4) is 0 Å². The first kappa shape index (κ1) is 22.1. The van der Waals surface area contributed by atoms with Crippen molar-refractivity contribution in [1.29, 1.82) is 5.41 Å². The van der Waals surface area contributed by atoms with Crippen LogP contribution in [0.4, 0.5) is 9.59 Å². The Balaban J connectivity index is 4.95. The van der Waals surface area contributed by atoms with E-state index in [-0.39, 0.29) is 13.2 Å². The maximum absolute atomic E-state index is 12.2. The molecule has 0 bridgehead atoms. The Bertz CT molecular complexity index is 494. The summed E-state index contributed by atoms with van der Waals surface area (Å²) in [4.78, 5) is 24.9. The van der Waals surface area contributed by atoms with Gasteiger partial charge in [0.25, 0.3) is 0 Å². The summed E-state index contributed by atoms with van der Waals surface area (Å²) in [7, 11) is 0. The molecule has 8 nitrogen and oxygen atoms in total. The van der Waals surface area contributed by atoms with Gasteiger partial charge in [-0.1, -0.05) is 0 Å². The van der Waals surface area contributed by atoms with Crippen molar-refractivity contribution in [3.63, 3.8) is 0 Å². The Kier molecular flexibility index (Phi) is 8.12. The second-order valence-electron chi connectivity index (χ2n) is 6.95. The van der Waals surface area contributed by atoms with E-state index < -0.39 is 29.3 Å². The molecule has 0 radical (unpaired) electrons. The van der Waals surface area contributed by atoms with Crippen LogP contribution >= 0.6 is 12.2 Å². The second-order valence-corrected chi connectivity index (χ2v) is 7.52. The summed E-state index contributed by atoms with van der Waals surface area (Å²) in [6.07, 6.45) is -1.62. The highest BCUT2D eigenvalue weighted by atomic mass is 32.1. The van der Waals surface area contributed by atoms with E-state index >= 15 is 0 Å². The number of hydrogen-bond acceptors (Lipinski definition) is 7. The first-order chi connectivity index (χ1) is 10.7. The first-order valence-corrected chi connectivity index (χ1v) is 7.84. The lowest BCUT2D eigenvalue weighted by atomic mass is 10.2. The normalized spacial score (nSPS) is 11.3. The molecule has 2 amide bonds. The van der Waals surface area contributed by atoms with Crippen LogP contribution in [0, 0.1) is 5.41 Å². The SMILES string of the molecule is CC(=S)OCCN(C(=N)NC(=O)OC(C)(C)C)C(=O)OC(C)(C)C. The van der Waals surface area contributed by atoms with Crippen molar-refractivity contribution < 1.29 is 23.8 Å². The minimum atomic E-state index is -0.840. The van der Waals surface area contributed by atoms with Crippen LogP contribution < -0.4 is 5.32 Å². The second kappa shape index (κ2) is 8.81. The van der Waals surface area contributed by atoms with Crippen molar-refractivity contribution in [1.82, 2.24) is 10.2 Å². The third-order valence-electron chi connectivity index (χ3n) is 2.12. The van der Waals surface area contributed by atoms with E-state index in [9.17, 15) is 9.59 Å². The first-order valence-electron chi connectivity index (χ1n) is 7.44. The number of rotatable bonds is 3. The van der Waals surface area contributed by atoms with Crippen LogP contribution in [-0.4, -0.2) is 52.5 Å². The van der Waals surface area contributed by atoms with Crippen molar-refractivity contribution in [2.75, 3.05) is 13.2 Å². The van der Waals surface area contributed by atoms with Gasteiger partial charge >= 0.3 is 12.2 Å². The molecule has 0 saturated heterocycles. The van der Waals surface area contributed by atoms with E-state index in [2.05, 4.69) is 5.32 Å². The highest BCUT2D eigenvalue weighted by Gasteiger charge is 2.27. The van der Waals surface area contributed by atoms with Gasteiger partial charge in [0, 0.05) is 6.92 Å². The summed E-state index contributed by atoms with van der Waals surface area (Å²) in [5, 5.41) is 10.4. The Morgan fingerprint density at radius 3 is 2.00 bits per heavy atom. The van der Waals surface area contributed by atoms with Crippen LogP contribution in [0.1, 0.15) is 48.5 Å². The van der Waals surface area contributed by atoms with Gasteiger partial charge in [0.1, 0.15) is 17.8 Å². The summed E-state index contributed by atoms with van der Waals surface area (Å²) >= 11 is 4.80. The minimum Gasteiger partial charge on any atom is -0.485 e. The molecule has 24 heavy (non-hydrogen) atoms. The summed E-state index contributed by atoms with van der Waals surface area (Å²) in [5.74, 6) is -0.468. The number of amides is 2. The zero-order valence-corrected chi connectivity index (χ0v) is 16.1. The fraction of sp³-hybridized carbons (Fsp3) is 0.733. The number of carbonyl (C=O) groups excluding carboxylic acids is 2. The third kappa shape index (κ3) is 10.8. The molecule has 0 spiro atoms. The molecule has 0 rings (SSSR count). The lowest BCUT2D eigenvalue weighted by molar-refractivity contribution is 0.0338. The topological polar surface area (TPSA) is 101 Å². The van der Waals surface area contributed by atoms with Crippen LogP contribution in [0.15, 0.2) is 0 Å². The maximum atomic E-state index is 12.2. The maximum Gasteiger partial charge on any atom is 0.417 e. The number of carbonyl (C=O) groups is 2. The average molecular weight is 361 g/mol. The molecule has 0 aromatic rings. The van der Waals surface area contributed by atoms with Crippen LogP contribution in [0.25, 0.3) is 0 Å². The highest BCUT2D eigenvalue weighted by molar-refractivity contribution is 7.80. The number of nitrogens with one attached hydrogen (secondary N) is 2. The summed E-state index contributed by atoms with van der Waals surface area (Å²) in [5.41, 5.74) is -1.47. The summed E-state index contributed by atoms with van der Waals surface area (Å²) < 4.78 is 15.4. The molecular formula is C15H27N3O5S. The fourth-order valence-corrected chi connectivity index (χ4v) is 1.44. The van der Waals surface area contributed by atoms with Gasteiger partial charge in [-0.05, 0) is 53.8 Å². The number of guanidine groups is 1. The van der Waals surface area contributed by atoms with Crippen molar-refractivity contribution in [2.24, 2.45) is 0 Å². The smallest absolute Gasteiger partial charge is 0.417 e. The van der Waals surface area contributed by atoms with Gasteiger partial charge in [-0.3, -0.25) is 10.7 Å². The van der Waals surface area contributed by atoms with E-state index in [4.69, 9.17) is 31.8 Å². The van der Waals surface area contributed by atoms with Gasteiger partial charge in [0.15, 0.2) is 5.05 Å². The Labute approximate surface area is 148 Å². The fourth-order valence-electron chi connectivity index (χ4n) is 1.36. The number of hydrogen-bond donors (Lipinski definition) is 2. The van der Waals surface area contributed by atoms with Gasteiger partial charge in [0.05, 0.1) is 6.54 Å². The molecule has 9 heteroatoms. The summed E-state index contributed by atoms with van der Waals surface area (Å²) in [6.45, 7) is 11.8. The molecule has 138 valence electrons. The van der Waals surface area contributed by atoms with E-state index in [1.807, 2.05) is 0 Å². The molecule has 0 aromatic heterocycles. The average Bonchev–Trinajstić information content (AvgIpc) is 2.28. The molecule has 0 heterocycles. The van der Waals surface area contributed by atoms with Crippen LogP contribution in [-0.2, 0) is 14.2 Å². The largest absolute Gasteiger partial charge is 0.485 e. The predicted octanol–water partition coefficient (Wildman–Crippen LogP) is 3.05. The monoisotopic (exact) mass is 361 g/mol. The standard InChI is InChI=1S/C15H27N3O5S/c1-10(24)21-9-8-18(13(20)23-15(5,6)7)11(16)17-12(19)22-14(2,3)4/h8-9H2,1-7H3,(H2,16,17,19). The molecule has 2 N–H and O–H groups in total. The molecule has 0 aromatic carbocycles. The molecule has 0 fully saturated rings. The predicted molar refractivity (Wildman–Crippen MR) is 94.3 cm³/mol. The Morgan fingerprint density at radius 2 is 1.58 bits per heavy atom. The highest BCUT2D eigenvalue weighted by Crippen LogP contribution is 2.11. The zero-order valence-electron chi connectivity index (χ0n) is 15.3. The Morgan fingerprint density at radius 1 is 1.08 bits per heavy atom.